The normalized spacial score (nSPS) is 14.3. The minimum Gasteiger partial charge on any atom is -0.494 e. The average Bonchev–Trinajstić information content (AvgIpc) is 2.81. The van der Waals surface area contributed by atoms with Gasteiger partial charge in [-0.15, -0.1) is 0 Å². The molecule has 0 radical (unpaired) electrons. The third-order valence-electron chi connectivity index (χ3n) is 5.57. The minimum atomic E-state index is 0.00113. The number of aromatic nitrogens is 2. The van der Waals surface area contributed by atoms with Crippen molar-refractivity contribution < 1.29 is 9.53 Å². The molecule has 1 aliphatic rings. The van der Waals surface area contributed by atoms with E-state index in [0.717, 1.165) is 54.6 Å². The first kappa shape index (κ1) is 20.8. The maximum absolute atomic E-state index is 12.7. The first-order valence-corrected chi connectivity index (χ1v) is 10.8. The molecule has 2 heterocycles. The van der Waals surface area contributed by atoms with Crippen LogP contribution in [0.4, 0.5) is 11.5 Å². The molecule has 1 aliphatic heterocycles. The lowest BCUT2D eigenvalue weighted by Gasteiger charge is -2.32. The van der Waals surface area contributed by atoms with E-state index in [4.69, 9.17) is 9.72 Å². The van der Waals surface area contributed by atoms with Crippen molar-refractivity contribution in [1.29, 1.82) is 0 Å². The van der Waals surface area contributed by atoms with Gasteiger partial charge in [-0.3, -0.25) is 4.79 Å². The van der Waals surface area contributed by atoms with Crippen molar-refractivity contribution in [2.75, 3.05) is 29.9 Å². The van der Waals surface area contributed by atoms with Crippen molar-refractivity contribution in [3.63, 3.8) is 0 Å². The molecule has 1 amide bonds. The molecule has 0 saturated carbocycles. The Bertz CT molecular complexity index is 1010. The molecule has 0 spiro atoms. The van der Waals surface area contributed by atoms with Crippen molar-refractivity contribution in [2.45, 2.75) is 26.7 Å². The van der Waals surface area contributed by atoms with Crippen molar-refractivity contribution in [3.8, 4) is 17.1 Å². The van der Waals surface area contributed by atoms with Gasteiger partial charge in [0, 0.05) is 36.5 Å². The Hall–Kier alpha value is -3.41. The number of hydrogen-bond acceptors (Lipinski definition) is 5. The Morgan fingerprint density at radius 1 is 1.06 bits per heavy atom. The second-order valence-electron chi connectivity index (χ2n) is 7.81. The van der Waals surface area contributed by atoms with Gasteiger partial charge in [0.1, 0.15) is 11.6 Å². The molecule has 1 fully saturated rings. The van der Waals surface area contributed by atoms with Crippen molar-refractivity contribution in [3.05, 3.63) is 66.4 Å². The molecule has 0 aliphatic carbocycles. The summed E-state index contributed by atoms with van der Waals surface area (Å²) in [5, 5.41) is 3.03. The van der Waals surface area contributed by atoms with Crippen LogP contribution in [0.15, 0.2) is 60.8 Å². The van der Waals surface area contributed by atoms with E-state index in [-0.39, 0.29) is 11.8 Å². The zero-order valence-corrected chi connectivity index (χ0v) is 18.0. The van der Waals surface area contributed by atoms with Crippen LogP contribution in [0.3, 0.4) is 0 Å². The standard InChI is InChI=1S/C25H28N4O2/c1-3-31-22-10-8-21(9-11-22)27-25(30)20-13-16-29(17-14-20)23-12-15-26-24(28-23)19-6-4-18(2)5-7-19/h4-12,15,20H,3,13-14,16-17H2,1-2H3,(H,27,30). The van der Waals surface area contributed by atoms with E-state index in [0.29, 0.717) is 6.61 Å². The molecule has 0 unspecified atom stereocenters. The predicted octanol–water partition coefficient (Wildman–Crippen LogP) is 4.71. The van der Waals surface area contributed by atoms with E-state index in [1.165, 1.54) is 5.56 Å². The maximum Gasteiger partial charge on any atom is 0.227 e. The third-order valence-corrected chi connectivity index (χ3v) is 5.57. The van der Waals surface area contributed by atoms with Gasteiger partial charge in [0.25, 0.3) is 0 Å². The van der Waals surface area contributed by atoms with Gasteiger partial charge < -0.3 is 15.0 Å². The summed E-state index contributed by atoms with van der Waals surface area (Å²) in [6.07, 6.45) is 3.40. The van der Waals surface area contributed by atoms with E-state index in [2.05, 4.69) is 34.3 Å². The van der Waals surface area contributed by atoms with Crippen LogP contribution in [-0.2, 0) is 4.79 Å². The average molecular weight is 417 g/mol. The van der Waals surface area contributed by atoms with Gasteiger partial charge in [-0.1, -0.05) is 29.8 Å². The fourth-order valence-corrected chi connectivity index (χ4v) is 3.78. The van der Waals surface area contributed by atoms with E-state index in [1.54, 1.807) is 0 Å². The molecular formula is C25H28N4O2. The molecule has 31 heavy (non-hydrogen) atoms. The Labute approximate surface area is 183 Å². The summed E-state index contributed by atoms with van der Waals surface area (Å²) in [6, 6.07) is 17.7. The van der Waals surface area contributed by atoms with Crippen LogP contribution >= 0.6 is 0 Å². The van der Waals surface area contributed by atoms with Crippen LogP contribution in [0, 0.1) is 12.8 Å². The Balaban J connectivity index is 1.34. The van der Waals surface area contributed by atoms with Crippen LogP contribution in [0.25, 0.3) is 11.4 Å². The lowest BCUT2D eigenvalue weighted by Crippen LogP contribution is -2.38. The second kappa shape index (κ2) is 9.60. The van der Waals surface area contributed by atoms with Gasteiger partial charge in [0.15, 0.2) is 5.82 Å². The number of benzene rings is 2. The number of rotatable bonds is 6. The van der Waals surface area contributed by atoms with Crippen LogP contribution in [0.5, 0.6) is 5.75 Å². The number of nitrogens with zero attached hydrogens (tertiary/aromatic N) is 3. The van der Waals surface area contributed by atoms with Crippen molar-refractivity contribution in [2.24, 2.45) is 5.92 Å². The first-order valence-electron chi connectivity index (χ1n) is 10.8. The largest absolute Gasteiger partial charge is 0.494 e. The summed E-state index contributed by atoms with van der Waals surface area (Å²) in [7, 11) is 0. The summed E-state index contributed by atoms with van der Waals surface area (Å²) >= 11 is 0. The summed E-state index contributed by atoms with van der Waals surface area (Å²) < 4.78 is 5.45. The van der Waals surface area contributed by atoms with Gasteiger partial charge in [-0.05, 0) is 57.0 Å². The molecule has 3 aromatic rings. The summed E-state index contributed by atoms with van der Waals surface area (Å²) in [6.45, 7) is 6.24. The second-order valence-corrected chi connectivity index (χ2v) is 7.81. The highest BCUT2D eigenvalue weighted by Crippen LogP contribution is 2.25. The zero-order chi connectivity index (χ0) is 21.6. The van der Waals surface area contributed by atoms with E-state index < -0.39 is 0 Å². The lowest BCUT2D eigenvalue weighted by molar-refractivity contribution is -0.120. The van der Waals surface area contributed by atoms with Gasteiger partial charge in [0.2, 0.25) is 5.91 Å². The zero-order valence-electron chi connectivity index (χ0n) is 18.0. The van der Waals surface area contributed by atoms with Crippen molar-refractivity contribution >= 4 is 17.4 Å². The fourth-order valence-electron chi connectivity index (χ4n) is 3.78. The Morgan fingerprint density at radius 3 is 2.45 bits per heavy atom. The third kappa shape index (κ3) is 5.20. The van der Waals surface area contributed by atoms with Crippen LogP contribution in [0.2, 0.25) is 0 Å². The Morgan fingerprint density at radius 2 is 1.77 bits per heavy atom. The number of carbonyl (C=O) groups excluding carboxylic acids is 1. The topological polar surface area (TPSA) is 67.3 Å². The van der Waals surface area contributed by atoms with Crippen molar-refractivity contribution in [1.82, 2.24) is 9.97 Å². The van der Waals surface area contributed by atoms with Crippen LogP contribution in [-0.4, -0.2) is 35.6 Å². The smallest absolute Gasteiger partial charge is 0.227 e. The summed E-state index contributed by atoms with van der Waals surface area (Å²) in [5.41, 5.74) is 3.02. The molecule has 1 aromatic heterocycles. The number of aryl methyl sites for hydroxylation is 1. The number of nitrogens with one attached hydrogen (secondary N) is 1. The van der Waals surface area contributed by atoms with Crippen LogP contribution < -0.4 is 15.0 Å². The van der Waals surface area contributed by atoms with Crippen LogP contribution in [0.1, 0.15) is 25.3 Å². The Kier molecular flexibility index (Phi) is 6.46. The van der Waals surface area contributed by atoms with E-state index in [1.807, 2.05) is 55.6 Å². The molecule has 1 N–H and O–H groups in total. The van der Waals surface area contributed by atoms with Gasteiger partial charge in [0.05, 0.1) is 6.61 Å². The number of anilines is 2. The first-order chi connectivity index (χ1) is 15.1. The molecule has 6 nitrogen and oxygen atoms in total. The highest BCUT2D eigenvalue weighted by Gasteiger charge is 2.26. The highest BCUT2D eigenvalue weighted by molar-refractivity contribution is 5.92. The van der Waals surface area contributed by atoms with Gasteiger partial charge in [-0.25, -0.2) is 9.97 Å². The molecule has 4 rings (SSSR count). The van der Waals surface area contributed by atoms with E-state index in [9.17, 15) is 4.79 Å². The number of piperidine rings is 1. The fraction of sp³-hybridized carbons (Fsp3) is 0.320. The minimum absolute atomic E-state index is 0.00113. The molecule has 6 heteroatoms. The highest BCUT2D eigenvalue weighted by atomic mass is 16.5. The molecular weight excluding hydrogens is 388 g/mol. The molecule has 160 valence electrons. The molecule has 0 atom stereocenters. The van der Waals surface area contributed by atoms with Gasteiger partial charge >= 0.3 is 0 Å². The SMILES string of the molecule is CCOc1ccc(NC(=O)C2CCN(c3ccnc(-c4ccc(C)cc4)n3)CC2)cc1. The monoisotopic (exact) mass is 416 g/mol. The maximum atomic E-state index is 12.7. The molecule has 0 bridgehead atoms. The lowest BCUT2D eigenvalue weighted by atomic mass is 9.96. The quantitative estimate of drug-likeness (QED) is 0.631. The molecule has 1 saturated heterocycles. The number of carbonyl (C=O) groups is 1. The number of hydrogen-bond donors (Lipinski definition) is 1. The molecule has 2 aromatic carbocycles. The number of amides is 1. The van der Waals surface area contributed by atoms with Gasteiger partial charge in [-0.2, -0.15) is 0 Å². The summed E-state index contributed by atoms with van der Waals surface area (Å²) in [5.74, 6) is 2.53. The summed E-state index contributed by atoms with van der Waals surface area (Å²) in [4.78, 5) is 24.1. The number of ether oxygens (including phenoxy) is 1. The predicted molar refractivity (Wildman–Crippen MR) is 123 cm³/mol. The van der Waals surface area contributed by atoms with E-state index >= 15 is 0 Å².